The molecular weight excluding hydrogens is 355 g/mol. The van der Waals surface area contributed by atoms with E-state index in [-0.39, 0.29) is 11.7 Å². The lowest BCUT2D eigenvalue weighted by Gasteiger charge is -2.07. The first kappa shape index (κ1) is 17.9. The van der Waals surface area contributed by atoms with Crippen LogP contribution in [0.15, 0.2) is 58.4 Å². The molecule has 0 saturated carbocycles. The minimum atomic E-state index is -0.420. The van der Waals surface area contributed by atoms with Gasteiger partial charge in [0.15, 0.2) is 5.17 Å². The van der Waals surface area contributed by atoms with Crippen LogP contribution in [-0.4, -0.2) is 36.1 Å². The van der Waals surface area contributed by atoms with Gasteiger partial charge in [0, 0.05) is 7.05 Å². The van der Waals surface area contributed by atoms with Crippen LogP contribution in [0, 0.1) is 5.82 Å². The van der Waals surface area contributed by atoms with Crippen molar-refractivity contribution in [3.05, 3.63) is 70.4 Å². The molecule has 3 rings (SSSR count). The van der Waals surface area contributed by atoms with Crippen LogP contribution < -0.4 is 0 Å². The number of hydrogen-bond donors (Lipinski definition) is 0. The molecule has 5 nitrogen and oxygen atoms in total. The second-order valence-electron chi connectivity index (χ2n) is 5.46. The summed E-state index contributed by atoms with van der Waals surface area (Å²) in [6, 6.07) is 12.5. The van der Waals surface area contributed by atoms with Gasteiger partial charge in [0.25, 0.3) is 5.91 Å². The Hall–Kier alpha value is -2.93. The van der Waals surface area contributed by atoms with Crippen LogP contribution >= 0.6 is 11.8 Å². The Labute approximate surface area is 154 Å². The van der Waals surface area contributed by atoms with Gasteiger partial charge in [-0.15, -0.1) is 0 Å². The Morgan fingerprint density at radius 2 is 1.81 bits per heavy atom. The van der Waals surface area contributed by atoms with E-state index in [1.165, 1.54) is 35.9 Å². The van der Waals surface area contributed by atoms with E-state index >= 15 is 0 Å². The molecule has 1 saturated heterocycles. The van der Waals surface area contributed by atoms with Crippen molar-refractivity contribution in [1.82, 2.24) is 4.90 Å². The average Bonchev–Trinajstić information content (AvgIpc) is 2.91. The molecule has 26 heavy (non-hydrogen) atoms. The zero-order chi connectivity index (χ0) is 18.7. The SMILES string of the molecule is COC(=O)c1ccc(N=C2S/C(=C\c3ccc(F)cc3)C(=O)N2C)cc1. The fourth-order valence-electron chi connectivity index (χ4n) is 2.26. The lowest BCUT2D eigenvalue weighted by atomic mass is 10.2. The molecule has 1 aliphatic rings. The lowest BCUT2D eigenvalue weighted by molar-refractivity contribution is -0.121. The number of esters is 1. The molecule has 1 aliphatic heterocycles. The van der Waals surface area contributed by atoms with Gasteiger partial charge in [0.1, 0.15) is 5.82 Å². The molecule has 0 spiro atoms. The van der Waals surface area contributed by atoms with Crippen LogP contribution in [0.2, 0.25) is 0 Å². The van der Waals surface area contributed by atoms with Crippen LogP contribution in [0.3, 0.4) is 0 Å². The maximum Gasteiger partial charge on any atom is 0.337 e. The highest BCUT2D eigenvalue weighted by Gasteiger charge is 2.30. The van der Waals surface area contributed by atoms with E-state index in [0.29, 0.717) is 21.3 Å². The summed E-state index contributed by atoms with van der Waals surface area (Å²) >= 11 is 1.24. The predicted molar refractivity (Wildman–Crippen MR) is 99.6 cm³/mol. The smallest absolute Gasteiger partial charge is 0.337 e. The van der Waals surface area contributed by atoms with Gasteiger partial charge < -0.3 is 4.74 Å². The Morgan fingerprint density at radius 3 is 2.42 bits per heavy atom. The molecule has 0 bridgehead atoms. The van der Waals surface area contributed by atoms with E-state index in [9.17, 15) is 14.0 Å². The van der Waals surface area contributed by atoms with Crippen LogP contribution in [0.25, 0.3) is 6.08 Å². The summed E-state index contributed by atoms with van der Waals surface area (Å²) in [6.45, 7) is 0. The molecule has 1 heterocycles. The van der Waals surface area contributed by atoms with Crippen LogP contribution in [0.1, 0.15) is 15.9 Å². The van der Waals surface area contributed by atoms with E-state index < -0.39 is 5.97 Å². The number of thioether (sulfide) groups is 1. The summed E-state index contributed by atoms with van der Waals surface area (Å²) in [5.41, 5.74) is 1.78. The zero-order valence-corrected chi connectivity index (χ0v) is 14.9. The topological polar surface area (TPSA) is 59.0 Å². The van der Waals surface area contributed by atoms with Crippen molar-refractivity contribution in [2.24, 2.45) is 4.99 Å². The number of aliphatic imine (C=N–C) groups is 1. The summed E-state index contributed by atoms with van der Waals surface area (Å²) in [4.78, 5) is 30.2. The summed E-state index contributed by atoms with van der Waals surface area (Å²) in [7, 11) is 2.96. The number of rotatable bonds is 3. The van der Waals surface area contributed by atoms with Crippen molar-refractivity contribution in [3.63, 3.8) is 0 Å². The monoisotopic (exact) mass is 370 g/mol. The van der Waals surface area contributed by atoms with E-state index in [1.54, 1.807) is 49.5 Å². The highest BCUT2D eigenvalue weighted by atomic mass is 32.2. The number of ether oxygens (including phenoxy) is 1. The van der Waals surface area contributed by atoms with E-state index in [1.807, 2.05) is 0 Å². The number of halogens is 1. The number of hydrogen-bond acceptors (Lipinski definition) is 5. The summed E-state index contributed by atoms with van der Waals surface area (Å²) in [5, 5.41) is 0.522. The van der Waals surface area contributed by atoms with Gasteiger partial charge >= 0.3 is 5.97 Å². The van der Waals surface area contributed by atoms with Crippen molar-refractivity contribution in [1.29, 1.82) is 0 Å². The van der Waals surface area contributed by atoms with Gasteiger partial charge in [0.2, 0.25) is 0 Å². The number of methoxy groups -OCH3 is 1. The fraction of sp³-hybridized carbons (Fsp3) is 0.105. The molecule has 0 unspecified atom stereocenters. The molecule has 2 aromatic rings. The maximum absolute atomic E-state index is 13.0. The average molecular weight is 370 g/mol. The van der Waals surface area contributed by atoms with Crippen molar-refractivity contribution in [2.45, 2.75) is 0 Å². The number of carbonyl (C=O) groups is 2. The highest BCUT2D eigenvalue weighted by molar-refractivity contribution is 8.18. The van der Waals surface area contributed by atoms with Crippen molar-refractivity contribution in [2.75, 3.05) is 14.2 Å². The Bertz CT molecular complexity index is 905. The highest BCUT2D eigenvalue weighted by Crippen LogP contribution is 2.33. The molecule has 0 radical (unpaired) electrons. The zero-order valence-electron chi connectivity index (χ0n) is 14.1. The van der Waals surface area contributed by atoms with Crippen molar-refractivity contribution in [3.8, 4) is 0 Å². The van der Waals surface area contributed by atoms with Gasteiger partial charge in [-0.1, -0.05) is 12.1 Å². The predicted octanol–water partition coefficient (Wildman–Crippen LogP) is 3.85. The fourth-order valence-corrected chi connectivity index (χ4v) is 3.25. The second kappa shape index (κ2) is 7.53. The standard InChI is InChI=1S/C19H15FN2O3S/c1-22-17(23)16(11-12-3-7-14(20)8-4-12)26-19(22)21-15-9-5-13(6-10-15)18(24)25-2/h3-11H,1-2H3/b16-11-,21-19?. The molecule has 0 atom stereocenters. The summed E-state index contributed by atoms with van der Waals surface area (Å²) in [5.74, 6) is -0.923. The first-order valence-electron chi connectivity index (χ1n) is 7.68. The summed E-state index contributed by atoms with van der Waals surface area (Å²) < 4.78 is 17.7. The van der Waals surface area contributed by atoms with E-state index in [4.69, 9.17) is 0 Å². The number of nitrogens with zero attached hydrogens (tertiary/aromatic N) is 2. The van der Waals surface area contributed by atoms with Gasteiger partial charge in [-0.05, 0) is 59.8 Å². The van der Waals surface area contributed by atoms with Crippen LogP contribution in [0.5, 0.6) is 0 Å². The van der Waals surface area contributed by atoms with E-state index in [2.05, 4.69) is 9.73 Å². The molecule has 1 fully saturated rings. The van der Waals surface area contributed by atoms with E-state index in [0.717, 1.165) is 5.56 Å². The Morgan fingerprint density at radius 1 is 1.15 bits per heavy atom. The quantitative estimate of drug-likeness (QED) is 0.608. The first-order valence-corrected chi connectivity index (χ1v) is 8.50. The third kappa shape index (κ3) is 3.83. The largest absolute Gasteiger partial charge is 0.465 e. The van der Waals surface area contributed by atoms with Gasteiger partial charge in [-0.25, -0.2) is 14.2 Å². The molecule has 7 heteroatoms. The van der Waals surface area contributed by atoms with Gasteiger partial charge in [-0.3, -0.25) is 9.69 Å². The molecular formula is C19H15FN2O3S. The Kier molecular flexibility index (Phi) is 5.18. The van der Waals surface area contributed by atoms with Crippen LogP contribution in [0.4, 0.5) is 10.1 Å². The number of amidine groups is 1. The van der Waals surface area contributed by atoms with Crippen molar-refractivity contribution >= 4 is 40.6 Å². The summed E-state index contributed by atoms with van der Waals surface area (Å²) in [6.07, 6.45) is 1.70. The molecule has 0 N–H and O–H groups in total. The molecule has 1 amide bonds. The third-order valence-corrected chi connectivity index (χ3v) is 4.74. The maximum atomic E-state index is 13.0. The molecule has 2 aromatic carbocycles. The van der Waals surface area contributed by atoms with Crippen LogP contribution in [-0.2, 0) is 9.53 Å². The third-order valence-electron chi connectivity index (χ3n) is 3.68. The minimum absolute atomic E-state index is 0.177. The van der Waals surface area contributed by atoms with Crippen molar-refractivity contribution < 1.29 is 18.7 Å². The number of carbonyl (C=O) groups excluding carboxylic acids is 2. The Balaban J connectivity index is 1.83. The number of amides is 1. The molecule has 132 valence electrons. The second-order valence-corrected chi connectivity index (χ2v) is 6.47. The van der Waals surface area contributed by atoms with Gasteiger partial charge in [-0.2, -0.15) is 0 Å². The number of benzene rings is 2. The number of likely N-dealkylation sites (N-methyl/N-ethyl adjacent to an activating group) is 1. The normalized spacial score (nSPS) is 17.2. The van der Waals surface area contributed by atoms with Gasteiger partial charge in [0.05, 0.1) is 23.3 Å². The lowest BCUT2D eigenvalue weighted by Crippen LogP contribution is -2.23. The molecule has 0 aromatic heterocycles. The minimum Gasteiger partial charge on any atom is -0.465 e. The molecule has 0 aliphatic carbocycles. The first-order chi connectivity index (χ1) is 12.5.